The number of rotatable bonds is 5. The van der Waals surface area contributed by atoms with Gasteiger partial charge in [0, 0.05) is 19.3 Å². The van der Waals surface area contributed by atoms with E-state index in [1.54, 1.807) is 0 Å². The minimum Gasteiger partial charge on any atom is -0.381 e. The van der Waals surface area contributed by atoms with Crippen molar-refractivity contribution in [3.63, 3.8) is 0 Å². The first-order valence-corrected chi connectivity index (χ1v) is 9.18. The molecule has 1 unspecified atom stereocenters. The number of sulfone groups is 1. The molecule has 1 fully saturated rings. The van der Waals surface area contributed by atoms with Crippen LogP contribution in [0.4, 0.5) is 0 Å². The highest BCUT2D eigenvalue weighted by molar-refractivity contribution is 7.92. The Labute approximate surface area is 127 Å². The van der Waals surface area contributed by atoms with Gasteiger partial charge in [-0.05, 0) is 39.3 Å². The van der Waals surface area contributed by atoms with E-state index in [-0.39, 0.29) is 17.0 Å². The summed E-state index contributed by atoms with van der Waals surface area (Å²) in [6.07, 6.45) is 1.23. The van der Waals surface area contributed by atoms with Crippen molar-refractivity contribution in [2.24, 2.45) is 0 Å². The van der Waals surface area contributed by atoms with E-state index in [9.17, 15) is 8.42 Å². The molecule has 0 spiro atoms. The molecule has 1 aliphatic heterocycles. The average Bonchev–Trinajstić information content (AvgIpc) is 2.44. The van der Waals surface area contributed by atoms with E-state index in [2.05, 4.69) is 23.5 Å². The molecule has 1 aromatic carbocycles. The quantitative estimate of drug-likeness (QED) is 0.905. The van der Waals surface area contributed by atoms with E-state index in [1.165, 1.54) is 0 Å². The second-order valence-corrected chi connectivity index (χ2v) is 8.23. The summed E-state index contributed by atoms with van der Waals surface area (Å²) in [5, 5.41) is 2.90. The number of nitrogens with one attached hydrogen (secondary N) is 1. The molecule has 0 aromatic heterocycles. The Hall–Kier alpha value is -0.910. The molecule has 0 radical (unpaired) electrons. The highest BCUT2D eigenvalue weighted by Crippen LogP contribution is 2.23. The number of hydrogen-bond acceptors (Lipinski definition) is 4. The lowest BCUT2D eigenvalue weighted by Crippen LogP contribution is -2.35. The lowest BCUT2D eigenvalue weighted by Gasteiger charge is -2.25. The van der Waals surface area contributed by atoms with Gasteiger partial charge in [-0.2, -0.15) is 0 Å². The lowest BCUT2D eigenvalue weighted by atomic mass is 10.0. The molecular formula is C16H25NO3S. The molecule has 1 aromatic rings. The molecule has 5 heteroatoms. The number of aryl methyl sites for hydroxylation is 2. The zero-order chi connectivity index (χ0) is 15.5. The number of ether oxygens (including phenoxy) is 1. The monoisotopic (exact) mass is 311 g/mol. The summed E-state index contributed by atoms with van der Waals surface area (Å²) in [7, 11) is -1.29. The molecule has 4 nitrogen and oxygen atoms in total. The van der Waals surface area contributed by atoms with Gasteiger partial charge in [0.05, 0.1) is 11.0 Å². The fraction of sp³-hybridized carbons (Fsp3) is 0.625. The van der Waals surface area contributed by atoms with Gasteiger partial charge in [0.15, 0.2) is 9.84 Å². The summed E-state index contributed by atoms with van der Waals surface area (Å²) in [5.74, 6) is 0.150. The van der Waals surface area contributed by atoms with Gasteiger partial charge >= 0.3 is 0 Å². The van der Waals surface area contributed by atoms with Crippen LogP contribution in [-0.2, 0) is 14.6 Å². The highest BCUT2D eigenvalue weighted by Gasteiger charge is 2.30. The van der Waals surface area contributed by atoms with Crippen molar-refractivity contribution in [3.05, 3.63) is 34.9 Å². The van der Waals surface area contributed by atoms with Crippen molar-refractivity contribution < 1.29 is 13.2 Å². The Morgan fingerprint density at radius 2 is 1.76 bits per heavy atom. The molecule has 1 heterocycles. The molecule has 0 aliphatic carbocycles. The third kappa shape index (κ3) is 4.28. The smallest absolute Gasteiger partial charge is 0.155 e. The van der Waals surface area contributed by atoms with Crippen LogP contribution in [0.15, 0.2) is 18.2 Å². The van der Waals surface area contributed by atoms with Crippen LogP contribution < -0.4 is 5.32 Å². The third-order valence-corrected chi connectivity index (χ3v) is 6.36. The van der Waals surface area contributed by atoms with Gasteiger partial charge in [-0.25, -0.2) is 8.42 Å². The Bertz CT molecular complexity index is 557. The van der Waals surface area contributed by atoms with Gasteiger partial charge in [-0.3, -0.25) is 0 Å². The van der Waals surface area contributed by atoms with E-state index in [0.29, 0.717) is 26.1 Å². The topological polar surface area (TPSA) is 55.4 Å². The van der Waals surface area contributed by atoms with Crippen LogP contribution in [0.2, 0.25) is 0 Å². The largest absolute Gasteiger partial charge is 0.381 e. The van der Waals surface area contributed by atoms with E-state index in [1.807, 2.05) is 20.9 Å². The fourth-order valence-corrected chi connectivity index (χ4v) is 4.97. The maximum absolute atomic E-state index is 12.6. The molecule has 0 bridgehead atoms. The van der Waals surface area contributed by atoms with Crippen LogP contribution in [0.1, 0.15) is 35.6 Å². The standard InChI is InChI=1S/C16H25NO3S/c1-12-8-13(2)10-14(9-12)16(17-3)11-21(18,19)15-4-6-20-7-5-15/h8-10,15-17H,4-7,11H2,1-3H3. The summed E-state index contributed by atoms with van der Waals surface area (Å²) in [6, 6.07) is 6.07. The predicted molar refractivity (Wildman–Crippen MR) is 85.3 cm³/mol. The summed E-state index contributed by atoms with van der Waals surface area (Å²) in [4.78, 5) is 0. The molecule has 1 saturated heterocycles. The van der Waals surface area contributed by atoms with Crippen molar-refractivity contribution in [3.8, 4) is 0 Å². The molecule has 118 valence electrons. The van der Waals surface area contributed by atoms with Crippen molar-refractivity contribution >= 4 is 9.84 Å². The Morgan fingerprint density at radius 3 is 2.29 bits per heavy atom. The molecule has 1 N–H and O–H groups in total. The summed E-state index contributed by atoms with van der Waals surface area (Å²) in [5.41, 5.74) is 3.37. The normalized spacial score (nSPS) is 18.6. The second-order valence-electron chi connectivity index (χ2n) is 5.90. The van der Waals surface area contributed by atoms with Crippen LogP contribution >= 0.6 is 0 Å². The van der Waals surface area contributed by atoms with Crippen molar-refractivity contribution in [1.29, 1.82) is 0 Å². The maximum atomic E-state index is 12.6. The van der Waals surface area contributed by atoms with Gasteiger partial charge < -0.3 is 10.1 Å². The zero-order valence-electron chi connectivity index (χ0n) is 13.1. The van der Waals surface area contributed by atoms with Gasteiger partial charge in [0.1, 0.15) is 0 Å². The van der Waals surface area contributed by atoms with Crippen LogP contribution in [0.3, 0.4) is 0 Å². The van der Waals surface area contributed by atoms with Crippen LogP contribution in [-0.4, -0.2) is 39.7 Å². The molecular weight excluding hydrogens is 286 g/mol. The SMILES string of the molecule is CNC(CS(=O)(=O)C1CCOCC1)c1cc(C)cc(C)c1. The van der Waals surface area contributed by atoms with E-state index < -0.39 is 9.84 Å². The maximum Gasteiger partial charge on any atom is 0.155 e. The van der Waals surface area contributed by atoms with Gasteiger partial charge in [0.25, 0.3) is 0 Å². The van der Waals surface area contributed by atoms with E-state index >= 15 is 0 Å². The Balaban J connectivity index is 2.17. The van der Waals surface area contributed by atoms with Crippen LogP contribution in [0.5, 0.6) is 0 Å². The minimum atomic E-state index is -3.11. The highest BCUT2D eigenvalue weighted by atomic mass is 32.2. The first kappa shape index (κ1) is 16.5. The number of benzene rings is 1. The Morgan fingerprint density at radius 1 is 1.19 bits per heavy atom. The first-order valence-electron chi connectivity index (χ1n) is 7.47. The van der Waals surface area contributed by atoms with E-state index in [0.717, 1.165) is 16.7 Å². The first-order chi connectivity index (χ1) is 9.92. The molecule has 0 saturated carbocycles. The van der Waals surface area contributed by atoms with Gasteiger partial charge in [0.2, 0.25) is 0 Å². The van der Waals surface area contributed by atoms with Crippen LogP contribution in [0.25, 0.3) is 0 Å². The molecule has 0 amide bonds. The van der Waals surface area contributed by atoms with Crippen molar-refractivity contribution in [1.82, 2.24) is 5.32 Å². The lowest BCUT2D eigenvalue weighted by molar-refractivity contribution is 0.0983. The second kappa shape index (κ2) is 6.90. The fourth-order valence-electron chi connectivity index (χ4n) is 2.96. The number of hydrogen-bond donors (Lipinski definition) is 1. The average molecular weight is 311 g/mol. The van der Waals surface area contributed by atoms with Crippen molar-refractivity contribution in [2.45, 2.75) is 38.0 Å². The van der Waals surface area contributed by atoms with Gasteiger partial charge in [-0.1, -0.05) is 29.3 Å². The molecule has 1 atom stereocenters. The summed E-state index contributed by atoms with van der Waals surface area (Å²) < 4.78 is 30.5. The zero-order valence-corrected chi connectivity index (χ0v) is 13.9. The minimum absolute atomic E-state index is 0.150. The molecule has 21 heavy (non-hydrogen) atoms. The summed E-state index contributed by atoms with van der Waals surface area (Å²) in [6.45, 7) is 5.18. The van der Waals surface area contributed by atoms with Crippen LogP contribution in [0, 0.1) is 13.8 Å². The predicted octanol–water partition coefficient (Wildman–Crippen LogP) is 2.16. The molecule has 2 rings (SSSR count). The Kier molecular flexibility index (Phi) is 5.41. The summed E-state index contributed by atoms with van der Waals surface area (Å²) >= 11 is 0. The van der Waals surface area contributed by atoms with Gasteiger partial charge in [-0.15, -0.1) is 0 Å². The molecule has 1 aliphatic rings. The third-order valence-electron chi connectivity index (χ3n) is 4.07. The van der Waals surface area contributed by atoms with Crippen molar-refractivity contribution in [2.75, 3.05) is 26.0 Å². The van der Waals surface area contributed by atoms with E-state index in [4.69, 9.17) is 4.74 Å².